The molecule has 0 bridgehead atoms. The smallest absolute Gasteiger partial charge is 0.191 e. The molecule has 2 atom stereocenters. The highest BCUT2D eigenvalue weighted by atomic mass is 32.2. The third-order valence-corrected chi connectivity index (χ3v) is 6.53. The van der Waals surface area contributed by atoms with E-state index in [1.165, 1.54) is 5.69 Å². The van der Waals surface area contributed by atoms with E-state index in [9.17, 15) is 8.42 Å². The molecule has 3 rings (SSSR count). The van der Waals surface area contributed by atoms with Crippen molar-refractivity contribution in [2.45, 2.75) is 18.9 Å². The first kappa shape index (κ1) is 17.1. The normalized spacial score (nSPS) is 26.5. The number of para-hydroxylation sites is 1. The zero-order chi connectivity index (χ0) is 17.0. The Hall–Kier alpha value is -1.76. The molecule has 2 saturated heterocycles. The Kier molecular flexibility index (Phi) is 5.28. The number of hydrogen-bond donors (Lipinski definition) is 2. The Morgan fingerprint density at radius 2 is 2.08 bits per heavy atom. The van der Waals surface area contributed by atoms with Crippen LogP contribution in [0.4, 0.5) is 5.69 Å². The quantitative estimate of drug-likeness (QED) is 0.622. The van der Waals surface area contributed by atoms with Gasteiger partial charge in [-0.25, -0.2) is 8.42 Å². The van der Waals surface area contributed by atoms with Crippen LogP contribution in [0.2, 0.25) is 0 Å². The summed E-state index contributed by atoms with van der Waals surface area (Å²) in [5.41, 5.74) is 1.28. The van der Waals surface area contributed by atoms with E-state index in [0.717, 1.165) is 26.1 Å². The van der Waals surface area contributed by atoms with Gasteiger partial charge in [0.25, 0.3) is 0 Å². The average molecular weight is 350 g/mol. The molecule has 6 nitrogen and oxygen atoms in total. The summed E-state index contributed by atoms with van der Waals surface area (Å²) in [5, 5.41) is 6.59. The first-order valence-electron chi connectivity index (χ1n) is 8.53. The standard InChI is InChI=1S/C17H26N4O2S/c1-18-17(20-15-8-10-24(22,23)13-15)19-11-14-7-9-21(12-14)16-5-3-2-4-6-16/h2-6,14-15H,7-13H2,1H3,(H2,18,19,20). The first-order chi connectivity index (χ1) is 11.6. The fourth-order valence-corrected chi connectivity index (χ4v) is 5.08. The summed E-state index contributed by atoms with van der Waals surface area (Å²) >= 11 is 0. The van der Waals surface area contributed by atoms with Crippen LogP contribution in [0.25, 0.3) is 0 Å². The lowest BCUT2D eigenvalue weighted by Crippen LogP contribution is -2.45. The molecule has 0 aliphatic carbocycles. The second kappa shape index (κ2) is 7.42. The number of hydrogen-bond acceptors (Lipinski definition) is 4. The largest absolute Gasteiger partial charge is 0.371 e. The van der Waals surface area contributed by atoms with Crippen LogP contribution in [0.15, 0.2) is 35.3 Å². The fourth-order valence-electron chi connectivity index (χ4n) is 3.41. The molecule has 0 aromatic heterocycles. The minimum absolute atomic E-state index is 0.0226. The molecule has 1 aromatic rings. The van der Waals surface area contributed by atoms with Crippen LogP contribution in [-0.4, -0.2) is 58.6 Å². The van der Waals surface area contributed by atoms with Crippen LogP contribution >= 0.6 is 0 Å². The van der Waals surface area contributed by atoms with E-state index in [1.54, 1.807) is 7.05 Å². The van der Waals surface area contributed by atoms with Crippen molar-refractivity contribution in [2.75, 3.05) is 43.1 Å². The summed E-state index contributed by atoms with van der Waals surface area (Å²) in [5.74, 6) is 1.75. The number of aliphatic imine (C=N–C) groups is 1. The number of benzene rings is 1. The van der Waals surface area contributed by atoms with Crippen molar-refractivity contribution in [1.29, 1.82) is 0 Å². The number of sulfone groups is 1. The third-order valence-electron chi connectivity index (χ3n) is 4.76. The molecule has 0 spiro atoms. The van der Waals surface area contributed by atoms with Crippen molar-refractivity contribution in [2.24, 2.45) is 10.9 Å². The number of nitrogens with zero attached hydrogens (tertiary/aromatic N) is 2. The lowest BCUT2D eigenvalue weighted by Gasteiger charge is -2.20. The molecule has 1 aromatic carbocycles. The van der Waals surface area contributed by atoms with Crippen LogP contribution in [-0.2, 0) is 9.84 Å². The maximum atomic E-state index is 11.5. The fraction of sp³-hybridized carbons (Fsp3) is 0.588. The van der Waals surface area contributed by atoms with Crippen molar-refractivity contribution in [1.82, 2.24) is 10.6 Å². The van der Waals surface area contributed by atoms with Gasteiger partial charge in [-0.05, 0) is 30.9 Å². The van der Waals surface area contributed by atoms with Crippen LogP contribution in [0, 0.1) is 5.92 Å². The van der Waals surface area contributed by atoms with Gasteiger partial charge in [0.2, 0.25) is 0 Å². The highest BCUT2D eigenvalue weighted by molar-refractivity contribution is 7.91. The van der Waals surface area contributed by atoms with Gasteiger partial charge in [0.05, 0.1) is 11.5 Å². The van der Waals surface area contributed by atoms with Crippen LogP contribution < -0.4 is 15.5 Å². The second-order valence-electron chi connectivity index (χ2n) is 6.63. The van der Waals surface area contributed by atoms with Gasteiger partial charge >= 0.3 is 0 Å². The minimum atomic E-state index is -2.87. The minimum Gasteiger partial charge on any atom is -0.371 e. The molecule has 2 unspecified atom stereocenters. The van der Waals surface area contributed by atoms with Crippen molar-refractivity contribution in [3.63, 3.8) is 0 Å². The molecule has 2 fully saturated rings. The Morgan fingerprint density at radius 1 is 1.29 bits per heavy atom. The van der Waals surface area contributed by atoms with Gasteiger partial charge in [-0.15, -0.1) is 0 Å². The number of nitrogens with one attached hydrogen (secondary N) is 2. The molecule has 2 aliphatic rings. The van der Waals surface area contributed by atoms with E-state index in [1.807, 2.05) is 6.07 Å². The van der Waals surface area contributed by atoms with Crippen molar-refractivity contribution >= 4 is 21.5 Å². The number of anilines is 1. The van der Waals surface area contributed by atoms with Gasteiger partial charge in [0, 0.05) is 38.4 Å². The van der Waals surface area contributed by atoms with E-state index in [4.69, 9.17) is 0 Å². The molecule has 0 radical (unpaired) electrons. The second-order valence-corrected chi connectivity index (χ2v) is 8.86. The Morgan fingerprint density at radius 3 is 2.75 bits per heavy atom. The lowest BCUT2D eigenvalue weighted by atomic mass is 10.1. The van der Waals surface area contributed by atoms with Gasteiger partial charge < -0.3 is 15.5 Å². The zero-order valence-electron chi connectivity index (χ0n) is 14.1. The van der Waals surface area contributed by atoms with E-state index in [-0.39, 0.29) is 17.5 Å². The average Bonchev–Trinajstić information content (AvgIpc) is 3.18. The summed E-state index contributed by atoms with van der Waals surface area (Å²) in [6.07, 6.45) is 1.81. The van der Waals surface area contributed by atoms with Crippen molar-refractivity contribution in [3.05, 3.63) is 30.3 Å². The van der Waals surface area contributed by atoms with Crippen molar-refractivity contribution < 1.29 is 8.42 Å². The molecule has 0 amide bonds. The van der Waals surface area contributed by atoms with E-state index in [2.05, 4.69) is 44.8 Å². The van der Waals surface area contributed by atoms with E-state index in [0.29, 0.717) is 18.3 Å². The van der Waals surface area contributed by atoms with E-state index >= 15 is 0 Å². The van der Waals surface area contributed by atoms with Gasteiger partial charge in [-0.1, -0.05) is 18.2 Å². The summed E-state index contributed by atoms with van der Waals surface area (Å²) < 4.78 is 23.1. The monoisotopic (exact) mass is 350 g/mol. The summed E-state index contributed by atoms with van der Waals surface area (Å²) in [7, 11) is -1.14. The molecule has 132 valence electrons. The first-order valence-corrected chi connectivity index (χ1v) is 10.4. The number of rotatable bonds is 4. The summed E-state index contributed by atoms with van der Waals surface area (Å²) in [6, 6.07) is 10.5. The Bertz CT molecular complexity index is 675. The zero-order valence-corrected chi connectivity index (χ0v) is 14.9. The SMILES string of the molecule is CN=C(NCC1CCN(c2ccccc2)C1)NC1CCS(=O)(=O)C1. The highest BCUT2D eigenvalue weighted by Gasteiger charge is 2.29. The Balaban J connectivity index is 1.45. The predicted molar refractivity (Wildman–Crippen MR) is 98.3 cm³/mol. The van der Waals surface area contributed by atoms with E-state index < -0.39 is 9.84 Å². The summed E-state index contributed by atoms with van der Waals surface area (Å²) in [4.78, 5) is 6.63. The molecular formula is C17H26N4O2S. The van der Waals surface area contributed by atoms with Gasteiger partial charge in [-0.3, -0.25) is 4.99 Å². The molecule has 2 aliphatic heterocycles. The molecule has 24 heavy (non-hydrogen) atoms. The van der Waals surface area contributed by atoms with Gasteiger partial charge in [0.1, 0.15) is 0 Å². The lowest BCUT2D eigenvalue weighted by molar-refractivity contribution is 0.558. The maximum Gasteiger partial charge on any atom is 0.191 e. The Labute approximate surface area is 144 Å². The topological polar surface area (TPSA) is 73.8 Å². The number of guanidine groups is 1. The maximum absolute atomic E-state index is 11.5. The molecule has 2 heterocycles. The molecule has 7 heteroatoms. The van der Waals surface area contributed by atoms with Crippen LogP contribution in [0.1, 0.15) is 12.8 Å². The molecular weight excluding hydrogens is 324 g/mol. The van der Waals surface area contributed by atoms with Gasteiger partial charge in [-0.2, -0.15) is 0 Å². The van der Waals surface area contributed by atoms with Crippen LogP contribution in [0.3, 0.4) is 0 Å². The highest BCUT2D eigenvalue weighted by Crippen LogP contribution is 2.22. The van der Waals surface area contributed by atoms with Gasteiger partial charge in [0.15, 0.2) is 15.8 Å². The summed E-state index contributed by atoms with van der Waals surface area (Å²) in [6.45, 7) is 2.96. The van der Waals surface area contributed by atoms with Crippen molar-refractivity contribution in [3.8, 4) is 0 Å². The molecule has 2 N–H and O–H groups in total. The third kappa shape index (κ3) is 4.41. The van der Waals surface area contributed by atoms with Crippen LogP contribution in [0.5, 0.6) is 0 Å². The predicted octanol–water partition coefficient (Wildman–Crippen LogP) is 0.865. The molecule has 0 saturated carbocycles.